The lowest BCUT2D eigenvalue weighted by Crippen LogP contribution is -2.19. The number of carbonyl (C=O) groups is 1. The number of esters is 1. The zero-order valence-corrected chi connectivity index (χ0v) is 19.1. The molecule has 2 fully saturated rings. The van der Waals surface area contributed by atoms with Crippen molar-refractivity contribution in [3.63, 3.8) is 0 Å². The summed E-state index contributed by atoms with van der Waals surface area (Å²) in [5.41, 5.74) is 3.47. The van der Waals surface area contributed by atoms with E-state index >= 15 is 0 Å². The molecule has 1 unspecified atom stereocenters. The van der Waals surface area contributed by atoms with Crippen molar-refractivity contribution < 1.29 is 14.3 Å². The summed E-state index contributed by atoms with van der Waals surface area (Å²) in [5, 5.41) is 10.3. The lowest BCUT2D eigenvalue weighted by Gasteiger charge is -2.23. The molecule has 1 aliphatic carbocycles. The van der Waals surface area contributed by atoms with Crippen molar-refractivity contribution in [2.75, 3.05) is 13.2 Å². The van der Waals surface area contributed by atoms with Gasteiger partial charge in [-0.2, -0.15) is 10.2 Å². The maximum atomic E-state index is 12.0. The fourth-order valence-corrected chi connectivity index (χ4v) is 4.49. The number of hydrogen-bond donors (Lipinski definition) is 0. The first-order valence-electron chi connectivity index (χ1n) is 11.9. The topological polar surface area (TPSA) is 97.0 Å². The fraction of sp³-hybridized carbons (Fsp3) is 0.400. The lowest BCUT2D eigenvalue weighted by atomic mass is 10.1. The highest BCUT2D eigenvalue weighted by molar-refractivity contribution is 5.92. The van der Waals surface area contributed by atoms with Crippen LogP contribution in [0.5, 0.6) is 0 Å². The average Bonchev–Trinajstić information content (AvgIpc) is 3.48. The first kappa shape index (κ1) is 21.0. The van der Waals surface area contributed by atoms with Crippen LogP contribution >= 0.6 is 0 Å². The fourth-order valence-electron chi connectivity index (χ4n) is 4.49. The average molecular weight is 459 g/mol. The van der Waals surface area contributed by atoms with E-state index in [4.69, 9.17) is 19.6 Å². The van der Waals surface area contributed by atoms with Crippen molar-refractivity contribution in [3.8, 4) is 17.3 Å². The highest BCUT2D eigenvalue weighted by Gasteiger charge is 2.27. The van der Waals surface area contributed by atoms with E-state index in [1.807, 2.05) is 4.68 Å². The first-order chi connectivity index (χ1) is 16.7. The predicted molar refractivity (Wildman–Crippen MR) is 125 cm³/mol. The highest BCUT2D eigenvalue weighted by atomic mass is 16.5. The van der Waals surface area contributed by atoms with E-state index in [9.17, 15) is 4.79 Å². The van der Waals surface area contributed by atoms with Gasteiger partial charge in [0.05, 0.1) is 23.9 Å². The summed E-state index contributed by atoms with van der Waals surface area (Å²) in [6.45, 7) is 2.83. The van der Waals surface area contributed by atoms with Gasteiger partial charge in [-0.25, -0.2) is 24.1 Å². The van der Waals surface area contributed by atoms with Crippen molar-refractivity contribution in [2.45, 2.75) is 51.2 Å². The summed E-state index contributed by atoms with van der Waals surface area (Å²) in [6, 6.07) is 8.35. The summed E-state index contributed by atoms with van der Waals surface area (Å²) in [7, 11) is 0. The Labute approximate surface area is 196 Å². The minimum absolute atomic E-state index is 0.0850. The van der Waals surface area contributed by atoms with Crippen LogP contribution in [0.15, 0.2) is 42.9 Å². The molecule has 1 aromatic carbocycles. The van der Waals surface area contributed by atoms with Gasteiger partial charge in [-0.1, -0.05) is 6.07 Å². The summed E-state index contributed by atoms with van der Waals surface area (Å²) < 4.78 is 14.7. The third-order valence-electron chi connectivity index (χ3n) is 6.39. The molecule has 9 nitrogen and oxygen atoms in total. The molecule has 0 radical (unpaired) electrons. The number of ether oxygens (including phenoxy) is 2. The van der Waals surface area contributed by atoms with Crippen molar-refractivity contribution >= 4 is 16.9 Å². The van der Waals surface area contributed by atoms with Crippen molar-refractivity contribution in [2.24, 2.45) is 0 Å². The molecular formula is C25H26N6O3. The molecule has 6 rings (SSSR count). The zero-order valence-electron chi connectivity index (χ0n) is 19.1. The molecular weight excluding hydrogens is 432 g/mol. The molecule has 9 heteroatoms. The Morgan fingerprint density at radius 3 is 2.91 bits per heavy atom. The summed E-state index contributed by atoms with van der Waals surface area (Å²) in [4.78, 5) is 21.3. The Balaban J connectivity index is 1.42. The summed E-state index contributed by atoms with van der Waals surface area (Å²) >= 11 is 0. The number of benzene rings is 1. The molecule has 0 spiro atoms. The van der Waals surface area contributed by atoms with Crippen LogP contribution in [0.25, 0.3) is 28.2 Å². The second kappa shape index (κ2) is 8.64. The van der Waals surface area contributed by atoms with Crippen LogP contribution in [-0.2, 0) is 9.47 Å². The SMILES string of the molecule is CCOC(=O)c1cnn(-c2ccnc(-c3nn(C4CCCCO4)c4ccc(C5CC5)cc34)n2)c1. The number of fused-ring (bicyclic) bond motifs is 1. The summed E-state index contributed by atoms with van der Waals surface area (Å²) in [5.74, 6) is 1.28. The maximum absolute atomic E-state index is 12.0. The number of rotatable bonds is 6. The molecule has 1 atom stereocenters. The number of carbonyl (C=O) groups excluding carboxylic acids is 1. The van der Waals surface area contributed by atoms with E-state index in [-0.39, 0.29) is 6.23 Å². The third kappa shape index (κ3) is 3.86. The standard InChI is InChI=1S/C25H26N6O3/c1-2-33-25(32)18-14-27-30(15-18)21-10-11-26-24(28-21)23-19-13-17(16-6-7-16)8-9-20(19)31(29-23)22-5-3-4-12-34-22/h8-11,13-16,22H,2-7,12H2,1H3. The van der Waals surface area contributed by atoms with Gasteiger partial charge < -0.3 is 9.47 Å². The van der Waals surface area contributed by atoms with Gasteiger partial charge in [-0.05, 0) is 62.6 Å². The smallest absolute Gasteiger partial charge is 0.341 e. The van der Waals surface area contributed by atoms with Gasteiger partial charge in [-0.15, -0.1) is 0 Å². The molecule has 4 heterocycles. The van der Waals surface area contributed by atoms with Crippen molar-refractivity contribution in [1.29, 1.82) is 0 Å². The van der Waals surface area contributed by atoms with Crippen molar-refractivity contribution in [1.82, 2.24) is 29.5 Å². The van der Waals surface area contributed by atoms with E-state index in [1.165, 1.54) is 24.6 Å². The number of nitrogens with zero attached hydrogens (tertiary/aromatic N) is 6. The Morgan fingerprint density at radius 2 is 2.12 bits per heavy atom. The molecule has 2 aliphatic rings. The largest absolute Gasteiger partial charge is 0.462 e. The van der Waals surface area contributed by atoms with E-state index in [2.05, 4.69) is 28.3 Å². The summed E-state index contributed by atoms with van der Waals surface area (Å²) in [6.07, 6.45) is 10.3. The highest BCUT2D eigenvalue weighted by Crippen LogP contribution is 2.42. The van der Waals surface area contributed by atoms with Crippen LogP contribution in [0, 0.1) is 0 Å². The normalized spacial score (nSPS) is 18.3. The van der Waals surface area contributed by atoms with Crippen LogP contribution in [0.2, 0.25) is 0 Å². The van der Waals surface area contributed by atoms with Gasteiger partial charge in [0.25, 0.3) is 0 Å². The molecule has 1 saturated heterocycles. The zero-order chi connectivity index (χ0) is 23.1. The van der Waals surface area contributed by atoms with E-state index in [0.29, 0.717) is 29.7 Å². The molecule has 34 heavy (non-hydrogen) atoms. The molecule has 1 aliphatic heterocycles. The van der Waals surface area contributed by atoms with Gasteiger partial charge in [0, 0.05) is 30.5 Å². The molecule has 0 N–H and O–H groups in total. The Hall–Kier alpha value is -3.59. The van der Waals surface area contributed by atoms with Gasteiger partial charge >= 0.3 is 5.97 Å². The molecule has 0 amide bonds. The minimum atomic E-state index is -0.409. The van der Waals surface area contributed by atoms with Crippen LogP contribution < -0.4 is 0 Å². The molecule has 174 valence electrons. The van der Waals surface area contributed by atoms with Crippen LogP contribution in [-0.4, -0.2) is 48.7 Å². The first-order valence-corrected chi connectivity index (χ1v) is 11.9. The van der Waals surface area contributed by atoms with E-state index < -0.39 is 5.97 Å². The molecule has 4 aromatic rings. The molecule has 3 aromatic heterocycles. The Kier molecular flexibility index (Phi) is 5.33. The monoisotopic (exact) mass is 458 g/mol. The minimum Gasteiger partial charge on any atom is -0.462 e. The van der Waals surface area contributed by atoms with Crippen LogP contribution in [0.3, 0.4) is 0 Å². The van der Waals surface area contributed by atoms with Crippen molar-refractivity contribution in [3.05, 3.63) is 54.0 Å². The van der Waals surface area contributed by atoms with Crippen LogP contribution in [0.1, 0.15) is 67.1 Å². The molecule has 1 saturated carbocycles. The van der Waals surface area contributed by atoms with Gasteiger partial charge in [0.15, 0.2) is 17.9 Å². The van der Waals surface area contributed by atoms with Crippen LogP contribution in [0.4, 0.5) is 0 Å². The van der Waals surface area contributed by atoms with E-state index in [1.54, 1.807) is 30.1 Å². The Bertz CT molecular complexity index is 1350. The van der Waals surface area contributed by atoms with Gasteiger partial charge in [0.1, 0.15) is 5.69 Å². The predicted octanol–water partition coefficient (Wildman–Crippen LogP) is 4.43. The second-order valence-corrected chi connectivity index (χ2v) is 8.80. The Morgan fingerprint density at radius 1 is 1.21 bits per heavy atom. The number of aromatic nitrogens is 6. The quantitative estimate of drug-likeness (QED) is 0.394. The molecule has 0 bridgehead atoms. The second-order valence-electron chi connectivity index (χ2n) is 8.80. The van der Waals surface area contributed by atoms with Gasteiger partial charge in [-0.3, -0.25) is 0 Å². The van der Waals surface area contributed by atoms with E-state index in [0.717, 1.165) is 42.5 Å². The maximum Gasteiger partial charge on any atom is 0.341 e. The van der Waals surface area contributed by atoms with Gasteiger partial charge in [0.2, 0.25) is 0 Å². The number of hydrogen-bond acceptors (Lipinski definition) is 7. The third-order valence-corrected chi connectivity index (χ3v) is 6.39. The lowest BCUT2D eigenvalue weighted by molar-refractivity contribution is -0.0365.